The van der Waals surface area contributed by atoms with Crippen molar-refractivity contribution >= 4 is 11.9 Å². The van der Waals surface area contributed by atoms with E-state index in [0.29, 0.717) is 6.42 Å². The first kappa shape index (κ1) is 18.1. The van der Waals surface area contributed by atoms with Crippen LogP contribution in [0.25, 0.3) is 0 Å². The molecule has 3 amide bonds. The Kier molecular flexibility index (Phi) is 4.77. The molecule has 2 atom stereocenters. The van der Waals surface area contributed by atoms with Gasteiger partial charge in [-0.3, -0.25) is 4.79 Å². The largest absolute Gasteiger partial charge is 0.416 e. The van der Waals surface area contributed by atoms with Gasteiger partial charge in [0.05, 0.1) is 5.56 Å². The van der Waals surface area contributed by atoms with Gasteiger partial charge in [-0.05, 0) is 31.9 Å². The first-order valence-corrected chi connectivity index (χ1v) is 7.53. The van der Waals surface area contributed by atoms with E-state index in [9.17, 15) is 22.8 Å². The monoisotopic (exact) mass is 343 g/mol. The molecule has 1 aliphatic carbocycles. The normalized spacial score (nSPS) is 20.2. The number of nitrogens with one attached hydrogen (secondary N) is 3. The fourth-order valence-electron chi connectivity index (χ4n) is 2.53. The van der Waals surface area contributed by atoms with Crippen molar-refractivity contribution in [3.8, 4) is 0 Å². The fraction of sp³-hybridized carbons (Fsp3) is 0.500. The van der Waals surface area contributed by atoms with Gasteiger partial charge in [0.1, 0.15) is 5.54 Å². The summed E-state index contributed by atoms with van der Waals surface area (Å²) in [5.74, 6) is -0.814. The number of halogens is 3. The van der Waals surface area contributed by atoms with Crippen LogP contribution < -0.4 is 16.0 Å². The SMILES string of the molecule is CNC(=O)NC(C)(C)C(=O)N[C@@H]1C[C@H]1c1ccccc1C(F)(F)F. The van der Waals surface area contributed by atoms with Gasteiger partial charge < -0.3 is 16.0 Å². The Bertz CT molecular complexity index is 644. The molecule has 1 aromatic rings. The third kappa shape index (κ3) is 3.98. The minimum atomic E-state index is -4.42. The Morgan fingerprint density at radius 1 is 1.17 bits per heavy atom. The molecule has 0 saturated heterocycles. The maximum absolute atomic E-state index is 13.1. The summed E-state index contributed by atoms with van der Waals surface area (Å²) in [6.07, 6.45) is -3.98. The van der Waals surface area contributed by atoms with Crippen molar-refractivity contribution in [2.24, 2.45) is 0 Å². The molecule has 5 nitrogen and oxygen atoms in total. The van der Waals surface area contributed by atoms with Crippen molar-refractivity contribution in [3.05, 3.63) is 35.4 Å². The topological polar surface area (TPSA) is 70.2 Å². The number of benzene rings is 1. The third-order valence-electron chi connectivity index (χ3n) is 3.99. The molecule has 1 fully saturated rings. The van der Waals surface area contributed by atoms with Gasteiger partial charge in [-0.15, -0.1) is 0 Å². The van der Waals surface area contributed by atoms with E-state index in [1.807, 2.05) is 0 Å². The summed E-state index contributed by atoms with van der Waals surface area (Å²) in [5, 5.41) is 7.54. The zero-order valence-electron chi connectivity index (χ0n) is 13.6. The maximum Gasteiger partial charge on any atom is 0.416 e. The number of rotatable bonds is 4. The van der Waals surface area contributed by atoms with Gasteiger partial charge in [0.15, 0.2) is 0 Å². The van der Waals surface area contributed by atoms with Crippen molar-refractivity contribution in [2.75, 3.05) is 7.05 Å². The molecule has 0 aliphatic heterocycles. The lowest BCUT2D eigenvalue weighted by atomic mass is 10.0. The molecule has 0 bridgehead atoms. The predicted octanol–water partition coefficient (Wildman–Crippen LogP) is 2.39. The van der Waals surface area contributed by atoms with Crippen LogP contribution in [0.2, 0.25) is 0 Å². The summed E-state index contributed by atoms with van der Waals surface area (Å²) in [5.41, 5.74) is -1.65. The van der Waals surface area contributed by atoms with Crippen LogP contribution >= 0.6 is 0 Å². The molecule has 0 radical (unpaired) electrons. The van der Waals surface area contributed by atoms with Gasteiger partial charge in [0, 0.05) is 19.0 Å². The van der Waals surface area contributed by atoms with Crippen molar-refractivity contribution in [2.45, 2.75) is 43.9 Å². The number of hydrogen-bond donors (Lipinski definition) is 3. The second-order valence-electron chi connectivity index (χ2n) is 6.34. The van der Waals surface area contributed by atoms with Crippen molar-refractivity contribution in [3.63, 3.8) is 0 Å². The fourth-order valence-corrected chi connectivity index (χ4v) is 2.53. The van der Waals surface area contributed by atoms with E-state index in [-0.39, 0.29) is 17.5 Å². The molecule has 3 N–H and O–H groups in total. The van der Waals surface area contributed by atoms with E-state index in [4.69, 9.17) is 0 Å². The van der Waals surface area contributed by atoms with E-state index in [0.717, 1.165) is 6.07 Å². The summed E-state index contributed by atoms with van der Waals surface area (Å²) in [6.45, 7) is 3.05. The van der Waals surface area contributed by atoms with Crippen LogP contribution in [-0.2, 0) is 11.0 Å². The molecule has 0 unspecified atom stereocenters. The molecular weight excluding hydrogens is 323 g/mol. The van der Waals surface area contributed by atoms with Crippen molar-refractivity contribution in [1.29, 1.82) is 0 Å². The molecule has 1 aliphatic rings. The van der Waals surface area contributed by atoms with E-state index in [1.165, 1.54) is 33.0 Å². The molecule has 24 heavy (non-hydrogen) atoms. The Hall–Kier alpha value is -2.25. The zero-order chi connectivity index (χ0) is 18.1. The Labute approximate surface area is 138 Å². The van der Waals surface area contributed by atoms with Crippen LogP contribution in [0.3, 0.4) is 0 Å². The Morgan fingerprint density at radius 2 is 1.79 bits per heavy atom. The van der Waals surface area contributed by atoms with E-state index < -0.39 is 29.2 Å². The Balaban J connectivity index is 2.04. The highest BCUT2D eigenvalue weighted by molar-refractivity contribution is 5.90. The van der Waals surface area contributed by atoms with Crippen LogP contribution in [0, 0.1) is 0 Å². The molecule has 1 aromatic carbocycles. The van der Waals surface area contributed by atoms with Gasteiger partial charge in [-0.1, -0.05) is 18.2 Å². The second kappa shape index (κ2) is 6.33. The quantitative estimate of drug-likeness (QED) is 0.786. The Morgan fingerprint density at radius 3 is 2.38 bits per heavy atom. The average molecular weight is 343 g/mol. The minimum Gasteiger partial charge on any atom is -0.351 e. The van der Waals surface area contributed by atoms with Gasteiger partial charge in [-0.25, -0.2) is 4.79 Å². The number of carbonyl (C=O) groups is 2. The average Bonchev–Trinajstić information content (AvgIpc) is 3.24. The van der Waals surface area contributed by atoms with Crippen LogP contribution in [0.4, 0.5) is 18.0 Å². The molecule has 0 spiro atoms. The summed E-state index contributed by atoms with van der Waals surface area (Å²) < 4.78 is 39.2. The predicted molar refractivity (Wildman–Crippen MR) is 82.4 cm³/mol. The van der Waals surface area contributed by atoms with Gasteiger partial charge in [0.25, 0.3) is 0 Å². The first-order valence-electron chi connectivity index (χ1n) is 7.53. The highest BCUT2D eigenvalue weighted by atomic mass is 19.4. The molecule has 0 aromatic heterocycles. The zero-order valence-corrected chi connectivity index (χ0v) is 13.6. The lowest BCUT2D eigenvalue weighted by molar-refractivity contribution is -0.138. The molecule has 0 heterocycles. The number of amides is 3. The first-order chi connectivity index (χ1) is 11.1. The highest BCUT2D eigenvalue weighted by Crippen LogP contribution is 2.46. The van der Waals surface area contributed by atoms with Gasteiger partial charge in [0.2, 0.25) is 5.91 Å². The number of alkyl halides is 3. The summed E-state index contributed by atoms with van der Waals surface area (Å²) in [4.78, 5) is 23.6. The van der Waals surface area contributed by atoms with E-state index in [1.54, 1.807) is 6.07 Å². The summed E-state index contributed by atoms with van der Waals surface area (Å²) >= 11 is 0. The number of carbonyl (C=O) groups excluding carboxylic acids is 2. The van der Waals surface area contributed by atoms with Crippen LogP contribution in [-0.4, -0.2) is 30.6 Å². The van der Waals surface area contributed by atoms with E-state index >= 15 is 0 Å². The second-order valence-corrected chi connectivity index (χ2v) is 6.34. The molecule has 2 rings (SSSR count). The molecule has 8 heteroatoms. The summed E-state index contributed by atoms with van der Waals surface area (Å²) in [7, 11) is 1.42. The van der Waals surface area contributed by atoms with Crippen LogP contribution in [0.15, 0.2) is 24.3 Å². The van der Waals surface area contributed by atoms with Crippen LogP contribution in [0.1, 0.15) is 37.3 Å². The van der Waals surface area contributed by atoms with Gasteiger partial charge >= 0.3 is 12.2 Å². The number of hydrogen-bond acceptors (Lipinski definition) is 2. The van der Waals surface area contributed by atoms with Gasteiger partial charge in [-0.2, -0.15) is 13.2 Å². The maximum atomic E-state index is 13.1. The summed E-state index contributed by atoms with van der Waals surface area (Å²) in [6, 6.07) is 4.51. The lowest BCUT2D eigenvalue weighted by Gasteiger charge is -2.25. The smallest absolute Gasteiger partial charge is 0.351 e. The number of urea groups is 1. The third-order valence-corrected chi connectivity index (χ3v) is 3.99. The highest BCUT2D eigenvalue weighted by Gasteiger charge is 2.46. The van der Waals surface area contributed by atoms with E-state index in [2.05, 4.69) is 16.0 Å². The lowest BCUT2D eigenvalue weighted by Crippen LogP contribution is -2.57. The van der Waals surface area contributed by atoms with Crippen molar-refractivity contribution in [1.82, 2.24) is 16.0 Å². The van der Waals surface area contributed by atoms with Crippen LogP contribution in [0.5, 0.6) is 0 Å². The molecule has 132 valence electrons. The minimum absolute atomic E-state index is 0.187. The van der Waals surface area contributed by atoms with Crippen molar-refractivity contribution < 1.29 is 22.8 Å². The molecular formula is C16H20F3N3O2. The molecule has 1 saturated carbocycles. The standard InChI is InChI=1S/C16H20F3N3O2/c1-15(2,22-14(24)20-3)13(23)21-12-8-10(12)9-6-4-5-7-11(9)16(17,18)19/h4-7,10,12H,8H2,1-3H3,(H,21,23)(H2,20,22,24)/t10-,12+/m0/s1.